The molecule has 1 aliphatic rings. The normalized spacial score (nSPS) is 17.6. The first kappa shape index (κ1) is 17.3. The molecular weight excluding hydrogens is 334 g/mol. The van der Waals surface area contributed by atoms with Crippen LogP contribution in [0.2, 0.25) is 0 Å². The van der Waals surface area contributed by atoms with Crippen molar-refractivity contribution in [3.8, 4) is 0 Å². The summed E-state index contributed by atoms with van der Waals surface area (Å²) in [5, 5.41) is 4.46. The Kier molecular flexibility index (Phi) is 4.67. The van der Waals surface area contributed by atoms with E-state index in [2.05, 4.69) is 10.7 Å². The van der Waals surface area contributed by atoms with Gasteiger partial charge in [-0.05, 0) is 29.8 Å². The molecule has 1 atom stereocenters. The lowest BCUT2D eigenvalue weighted by Crippen LogP contribution is -2.42. The van der Waals surface area contributed by atoms with Crippen LogP contribution in [0.1, 0.15) is 11.1 Å². The van der Waals surface area contributed by atoms with Crippen molar-refractivity contribution < 1.29 is 17.6 Å². The molecule has 0 bridgehead atoms. The van der Waals surface area contributed by atoms with Crippen molar-refractivity contribution in [2.75, 3.05) is 12.4 Å². The predicted molar refractivity (Wildman–Crippen MR) is 88.9 cm³/mol. The number of rotatable bonds is 4. The molecule has 3 nitrogen and oxygen atoms in total. The average molecular weight is 351 g/mol. The molecule has 0 spiro atoms. The van der Waals surface area contributed by atoms with Crippen LogP contribution >= 0.6 is 0 Å². The van der Waals surface area contributed by atoms with E-state index in [0.717, 1.165) is 11.8 Å². The van der Waals surface area contributed by atoms with Crippen LogP contribution < -0.4 is 10.7 Å². The topological polar surface area (TPSA) is 27.3 Å². The van der Waals surface area contributed by atoms with Gasteiger partial charge in [-0.3, -0.25) is 0 Å². The summed E-state index contributed by atoms with van der Waals surface area (Å²) in [4.78, 5) is 0. The van der Waals surface area contributed by atoms with Crippen molar-refractivity contribution in [3.63, 3.8) is 0 Å². The highest BCUT2D eigenvalue weighted by atomic mass is 19.4. The largest absolute Gasteiger partial charge is 0.409 e. The van der Waals surface area contributed by atoms with E-state index in [1.807, 2.05) is 0 Å². The summed E-state index contributed by atoms with van der Waals surface area (Å²) in [7, 11) is 1.54. The maximum Gasteiger partial charge on any atom is 0.409 e. The van der Waals surface area contributed by atoms with E-state index in [9.17, 15) is 17.6 Å². The van der Waals surface area contributed by atoms with Crippen molar-refractivity contribution in [3.05, 3.63) is 71.6 Å². The number of hydrogen-bond acceptors (Lipinski definition) is 3. The monoisotopic (exact) mass is 351 g/mol. The van der Waals surface area contributed by atoms with Gasteiger partial charge in [0, 0.05) is 24.8 Å². The Hall–Kier alpha value is -2.54. The van der Waals surface area contributed by atoms with Crippen molar-refractivity contribution in [1.29, 1.82) is 0 Å². The lowest BCUT2D eigenvalue weighted by Gasteiger charge is -2.20. The van der Waals surface area contributed by atoms with E-state index in [1.54, 1.807) is 49.5 Å². The number of nitrogens with zero attached hydrogens (tertiary/aromatic N) is 1. The minimum atomic E-state index is -4.34. The Morgan fingerprint density at radius 1 is 1.08 bits per heavy atom. The number of benzene rings is 2. The fourth-order valence-corrected chi connectivity index (χ4v) is 2.64. The lowest BCUT2D eigenvalue weighted by molar-refractivity contribution is -0.148. The van der Waals surface area contributed by atoms with Crippen LogP contribution in [-0.2, 0) is 6.54 Å². The highest BCUT2D eigenvalue weighted by molar-refractivity contribution is 5.67. The molecule has 2 aromatic carbocycles. The minimum Gasteiger partial charge on any atom is -0.381 e. The van der Waals surface area contributed by atoms with E-state index in [1.165, 1.54) is 11.1 Å². The van der Waals surface area contributed by atoms with Gasteiger partial charge in [0.25, 0.3) is 0 Å². The SMILES string of the molecule is CN1NC(C(F)(F)F)C=C1c1ccc(NCc2ccccc2F)cc1. The molecule has 0 fully saturated rings. The summed E-state index contributed by atoms with van der Waals surface area (Å²) < 4.78 is 52.0. The molecule has 0 aromatic heterocycles. The first-order valence-corrected chi connectivity index (χ1v) is 7.71. The molecule has 1 unspecified atom stereocenters. The van der Waals surface area contributed by atoms with E-state index in [4.69, 9.17) is 0 Å². The van der Waals surface area contributed by atoms with Gasteiger partial charge >= 0.3 is 6.18 Å². The fourth-order valence-electron chi connectivity index (χ4n) is 2.64. The number of hydrogen-bond donors (Lipinski definition) is 2. The van der Waals surface area contributed by atoms with Crippen molar-refractivity contribution >= 4 is 11.4 Å². The van der Waals surface area contributed by atoms with Crippen LogP contribution in [0.25, 0.3) is 5.70 Å². The van der Waals surface area contributed by atoms with Crippen molar-refractivity contribution in [2.45, 2.75) is 18.8 Å². The first-order chi connectivity index (χ1) is 11.8. The summed E-state index contributed by atoms with van der Waals surface area (Å²) >= 11 is 0. The van der Waals surface area contributed by atoms with Gasteiger partial charge in [0.15, 0.2) is 0 Å². The zero-order chi connectivity index (χ0) is 18.0. The van der Waals surface area contributed by atoms with Gasteiger partial charge in [-0.1, -0.05) is 30.3 Å². The van der Waals surface area contributed by atoms with E-state index < -0.39 is 12.2 Å². The predicted octanol–water partition coefficient (Wildman–Crippen LogP) is 4.16. The molecule has 2 N–H and O–H groups in total. The fraction of sp³-hybridized carbons (Fsp3) is 0.222. The van der Waals surface area contributed by atoms with Crippen LogP contribution in [0, 0.1) is 5.82 Å². The van der Waals surface area contributed by atoms with E-state index in [0.29, 0.717) is 23.4 Å². The number of anilines is 1. The Balaban J connectivity index is 1.69. The summed E-state index contributed by atoms with van der Waals surface area (Å²) in [5.74, 6) is -0.284. The second kappa shape index (κ2) is 6.76. The van der Waals surface area contributed by atoms with Gasteiger partial charge < -0.3 is 10.3 Å². The molecule has 0 amide bonds. The molecule has 0 saturated heterocycles. The maximum absolute atomic E-state index is 13.6. The van der Waals surface area contributed by atoms with Gasteiger partial charge in [0.05, 0.1) is 5.70 Å². The number of nitrogens with one attached hydrogen (secondary N) is 2. The second-order valence-corrected chi connectivity index (χ2v) is 5.78. The molecule has 2 aromatic rings. The molecule has 1 aliphatic heterocycles. The molecule has 132 valence electrons. The van der Waals surface area contributed by atoms with Gasteiger partial charge in [-0.15, -0.1) is 0 Å². The number of halogens is 4. The third-order valence-corrected chi connectivity index (χ3v) is 3.99. The van der Waals surface area contributed by atoms with Crippen molar-refractivity contribution in [2.24, 2.45) is 0 Å². The Morgan fingerprint density at radius 3 is 2.36 bits per heavy atom. The summed E-state index contributed by atoms with van der Waals surface area (Å²) in [6.07, 6.45) is -3.18. The zero-order valence-corrected chi connectivity index (χ0v) is 13.4. The molecule has 0 radical (unpaired) electrons. The molecule has 25 heavy (non-hydrogen) atoms. The third-order valence-electron chi connectivity index (χ3n) is 3.99. The van der Waals surface area contributed by atoms with E-state index >= 15 is 0 Å². The van der Waals surface area contributed by atoms with Crippen LogP contribution in [0.4, 0.5) is 23.2 Å². The van der Waals surface area contributed by atoms with E-state index in [-0.39, 0.29) is 5.82 Å². The molecular formula is C18H17F4N3. The van der Waals surface area contributed by atoms with Gasteiger partial charge in [-0.2, -0.15) is 13.2 Å². The standard InChI is InChI=1S/C18H17F4N3/c1-25-16(10-17(24-25)18(20,21)22)12-6-8-14(9-7-12)23-11-13-4-2-3-5-15(13)19/h2-10,17,23-24H,11H2,1H3. The third kappa shape index (κ3) is 3.93. The Morgan fingerprint density at radius 2 is 1.76 bits per heavy atom. The second-order valence-electron chi connectivity index (χ2n) is 5.78. The number of hydrazine groups is 1. The quantitative estimate of drug-likeness (QED) is 0.810. The Bertz CT molecular complexity index is 769. The summed E-state index contributed by atoms with van der Waals surface area (Å²) in [6, 6.07) is 11.8. The molecule has 7 heteroatoms. The zero-order valence-electron chi connectivity index (χ0n) is 13.4. The maximum atomic E-state index is 13.6. The molecule has 0 aliphatic carbocycles. The van der Waals surface area contributed by atoms with Crippen LogP contribution in [-0.4, -0.2) is 24.3 Å². The molecule has 3 rings (SSSR count). The molecule has 0 saturated carbocycles. The van der Waals surface area contributed by atoms with Crippen LogP contribution in [0.15, 0.2) is 54.6 Å². The lowest BCUT2D eigenvalue weighted by atomic mass is 10.1. The average Bonchev–Trinajstić information content (AvgIpc) is 2.97. The Labute approximate surface area is 142 Å². The smallest absolute Gasteiger partial charge is 0.381 e. The van der Waals surface area contributed by atoms with Gasteiger partial charge in [0.1, 0.15) is 11.9 Å². The summed E-state index contributed by atoms with van der Waals surface area (Å²) in [5.41, 5.74) is 4.80. The van der Waals surface area contributed by atoms with Crippen LogP contribution in [0.3, 0.4) is 0 Å². The highest BCUT2D eigenvalue weighted by Gasteiger charge is 2.42. The van der Waals surface area contributed by atoms with Crippen molar-refractivity contribution in [1.82, 2.24) is 10.4 Å². The summed E-state index contributed by atoms with van der Waals surface area (Å²) in [6.45, 7) is 0.326. The number of alkyl halides is 3. The highest BCUT2D eigenvalue weighted by Crippen LogP contribution is 2.30. The van der Waals surface area contributed by atoms with Gasteiger partial charge in [-0.25, -0.2) is 9.82 Å². The molecule has 1 heterocycles. The van der Waals surface area contributed by atoms with Crippen LogP contribution in [0.5, 0.6) is 0 Å². The first-order valence-electron chi connectivity index (χ1n) is 7.71. The minimum absolute atomic E-state index is 0.284. The van der Waals surface area contributed by atoms with Gasteiger partial charge in [0.2, 0.25) is 0 Å².